The first-order chi connectivity index (χ1) is 10.9. The van der Waals surface area contributed by atoms with Crippen LogP contribution in [0.25, 0.3) is 6.08 Å². The maximum atomic E-state index is 12.4. The van der Waals surface area contributed by atoms with Crippen LogP contribution in [0.1, 0.15) is 42.3 Å². The van der Waals surface area contributed by atoms with Gasteiger partial charge in [0.1, 0.15) is 11.5 Å². The molecule has 1 heterocycles. The van der Waals surface area contributed by atoms with Crippen LogP contribution < -0.4 is 9.47 Å². The predicted molar refractivity (Wildman–Crippen MR) is 91.1 cm³/mol. The Balaban J connectivity index is 1.88. The van der Waals surface area contributed by atoms with Crippen molar-refractivity contribution in [3.8, 4) is 11.5 Å². The van der Waals surface area contributed by atoms with E-state index in [0.717, 1.165) is 5.56 Å². The fourth-order valence-electron chi connectivity index (χ4n) is 2.53. The first-order valence-corrected chi connectivity index (χ1v) is 7.61. The number of carbonyl (C=O) groups is 1. The van der Waals surface area contributed by atoms with Gasteiger partial charge in [-0.2, -0.15) is 0 Å². The van der Waals surface area contributed by atoms with E-state index in [2.05, 4.69) is 32.9 Å². The second kappa shape index (κ2) is 5.58. The van der Waals surface area contributed by atoms with Crippen LogP contribution in [0.5, 0.6) is 11.5 Å². The van der Waals surface area contributed by atoms with Gasteiger partial charge in [0.2, 0.25) is 5.78 Å². The van der Waals surface area contributed by atoms with E-state index in [1.807, 2.05) is 12.1 Å². The Morgan fingerprint density at radius 2 is 1.74 bits per heavy atom. The number of benzene rings is 2. The molecule has 0 unspecified atom stereocenters. The fourth-order valence-corrected chi connectivity index (χ4v) is 2.53. The lowest BCUT2D eigenvalue weighted by Crippen LogP contribution is -2.10. The second-order valence-electron chi connectivity index (χ2n) is 6.67. The van der Waals surface area contributed by atoms with Gasteiger partial charge in [-0.15, -0.1) is 0 Å². The van der Waals surface area contributed by atoms with Crippen LogP contribution in [-0.2, 0) is 5.41 Å². The molecule has 2 aromatic rings. The van der Waals surface area contributed by atoms with Crippen molar-refractivity contribution in [1.29, 1.82) is 0 Å². The van der Waals surface area contributed by atoms with Crippen molar-refractivity contribution in [3.05, 3.63) is 64.9 Å². The molecule has 0 atom stereocenters. The number of fused-ring (bicyclic) bond motifs is 1. The number of Topliss-reactive ketones (excluding diaryl/α,β-unsaturated/α-hetero) is 1. The zero-order valence-corrected chi connectivity index (χ0v) is 13.8. The molecule has 3 heteroatoms. The van der Waals surface area contributed by atoms with Crippen LogP contribution in [-0.4, -0.2) is 12.9 Å². The molecule has 0 aliphatic carbocycles. The number of methoxy groups -OCH3 is 1. The summed E-state index contributed by atoms with van der Waals surface area (Å²) < 4.78 is 10.8. The largest absolute Gasteiger partial charge is 0.497 e. The van der Waals surface area contributed by atoms with Crippen LogP contribution in [0.2, 0.25) is 0 Å². The zero-order chi connectivity index (χ0) is 16.6. The molecular weight excluding hydrogens is 288 g/mol. The van der Waals surface area contributed by atoms with Crippen molar-refractivity contribution in [2.24, 2.45) is 0 Å². The van der Waals surface area contributed by atoms with Gasteiger partial charge in [-0.05, 0) is 40.8 Å². The maximum absolute atomic E-state index is 12.4. The molecule has 23 heavy (non-hydrogen) atoms. The van der Waals surface area contributed by atoms with Gasteiger partial charge in [0.05, 0.1) is 12.7 Å². The van der Waals surface area contributed by atoms with E-state index >= 15 is 0 Å². The third kappa shape index (κ3) is 3.00. The summed E-state index contributed by atoms with van der Waals surface area (Å²) in [7, 11) is 1.58. The monoisotopic (exact) mass is 308 g/mol. The van der Waals surface area contributed by atoms with Gasteiger partial charge in [0.25, 0.3) is 0 Å². The highest BCUT2D eigenvalue weighted by atomic mass is 16.5. The highest BCUT2D eigenvalue weighted by Gasteiger charge is 2.27. The Morgan fingerprint density at radius 1 is 1.04 bits per heavy atom. The van der Waals surface area contributed by atoms with Crippen molar-refractivity contribution in [1.82, 2.24) is 0 Å². The first kappa shape index (κ1) is 15.3. The highest BCUT2D eigenvalue weighted by Crippen LogP contribution is 2.34. The molecule has 118 valence electrons. The van der Waals surface area contributed by atoms with Gasteiger partial charge in [-0.25, -0.2) is 0 Å². The Kier molecular flexibility index (Phi) is 3.72. The number of ketones is 1. The molecule has 2 aromatic carbocycles. The Morgan fingerprint density at radius 3 is 2.35 bits per heavy atom. The highest BCUT2D eigenvalue weighted by molar-refractivity contribution is 6.14. The molecule has 0 saturated heterocycles. The van der Waals surface area contributed by atoms with Crippen molar-refractivity contribution in [3.63, 3.8) is 0 Å². The van der Waals surface area contributed by atoms with Crippen molar-refractivity contribution >= 4 is 11.9 Å². The number of ether oxygens (including phenoxy) is 2. The van der Waals surface area contributed by atoms with Crippen LogP contribution in [0.15, 0.2) is 48.2 Å². The third-order valence-electron chi connectivity index (χ3n) is 3.95. The third-order valence-corrected chi connectivity index (χ3v) is 3.95. The molecular formula is C20H20O3. The molecule has 3 nitrogen and oxygen atoms in total. The lowest BCUT2D eigenvalue weighted by atomic mass is 9.86. The van der Waals surface area contributed by atoms with E-state index in [0.29, 0.717) is 22.8 Å². The zero-order valence-electron chi connectivity index (χ0n) is 13.8. The standard InChI is InChI=1S/C20H20O3/c1-20(2,3)14-7-5-13(6-8-14)11-18-19(21)16-12-15(22-4)9-10-17(16)23-18/h5-12H,1-4H3/b18-11-. The van der Waals surface area contributed by atoms with E-state index < -0.39 is 0 Å². The number of hydrogen-bond acceptors (Lipinski definition) is 3. The minimum atomic E-state index is -0.112. The van der Waals surface area contributed by atoms with Crippen LogP contribution >= 0.6 is 0 Å². The van der Waals surface area contributed by atoms with Crippen molar-refractivity contribution in [2.45, 2.75) is 26.2 Å². The molecule has 0 aromatic heterocycles. The van der Waals surface area contributed by atoms with E-state index in [1.54, 1.807) is 31.4 Å². The van der Waals surface area contributed by atoms with E-state index in [4.69, 9.17) is 9.47 Å². The van der Waals surface area contributed by atoms with Gasteiger partial charge in [0.15, 0.2) is 5.76 Å². The number of hydrogen-bond donors (Lipinski definition) is 0. The summed E-state index contributed by atoms with van der Waals surface area (Å²) in [5.41, 5.74) is 2.85. The smallest absolute Gasteiger partial charge is 0.232 e. The molecule has 0 spiro atoms. The van der Waals surface area contributed by atoms with Crippen LogP contribution in [0, 0.1) is 0 Å². The molecule has 1 aliphatic rings. The average Bonchev–Trinajstić information content (AvgIpc) is 2.83. The van der Waals surface area contributed by atoms with Gasteiger partial charge in [-0.1, -0.05) is 45.0 Å². The van der Waals surface area contributed by atoms with Crippen LogP contribution in [0.4, 0.5) is 0 Å². The normalized spacial score (nSPS) is 15.5. The molecule has 0 fully saturated rings. The van der Waals surface area contributed by atoms with Crippen molar-refractivity contribution < 1.29 is 14.3 Å². The quantitative estimate of drug-likeness (QED) is 0.760. The minimum Gasteiger partial charge on any atom is -0.497 e. The molecule has 1 aliphatic heterocycles. The molecule has 0 N–H and O–H groups in total. The minimum absolute atomic E-state index is 0.109. The molecule has 0 amide bonds. The molecule has 0 bridgehead atoms. The second-order valence-corrected chi connectivity index (χ2v) is 6.67. The van der Waals surface area contributed by atoms with Gasteiger partial charge in [-0.3, -0.25) is 4.79 Å². The lowest BCUT2D eigenvalue weighted by molar-refractivity contribution is 0.101. The SMILES string of the molecule is COc1ccc2c(c1)C(=O)/C(=C/c1ccc(C(C)(C)C)cc1)O2. The number of allylic oxidation sites excluding steroid dienone is 1. The molecule has 0 radical (unpaired) electrons. The van der Waals surface area contributed by atoms with Gasteiger partial charge in [0, 0.05) is 0 Å². The first-order valence-electron chi connectivity index (χ1n) is 7.61. The summed E-state index contributed by atoms with van der Waals surface area (Å²) in [6.07, 6.45) is 1.78. The van der Waals surface area contributed by atoms with E-state index in [9.17, 15) is 4.79 Å². The lowest BCUT2D eigenvalue weighted by Gasteiger charge is -2.18. The topological polar surface area (TPSA) is 35.5 Å². The number of carbonyl (C=O) groups excluding carboxylic acids is 1. The summed E-state index contributed by atoms with van der Waals surface area (Å²) in [6.45, 7) is 6.52. The Labute approximate surface area is 136 Å². The summed E-state index contributed by atoms with van der Waals surface area (Å²) >= 11 is 0. The fraction of sp³-hybridized carbons (Fsp3) is 0.250. The molecule has 0 saturated carbocycles. The Bertz CT molecular complexity index is 778. The summed E-state index contributed by atoms with van der Waals surface area (Å²) in [5.74, 6) is 1.46. The average molecular weight is 308 g/mol. The van der Waals surface area contributed by atoms with E-state index in [1.165, 1.54) is 5.56 Å². The Hall–Kier alpha value is -2.55. The summed E-state index contributed by atoms with van der Waals surface area (Å²) in [4.78, 5) is 12.4. The summed E-state index contributed by atoms with van der Waals surface area (Å²) in [6, 6.07) is 13.4. The predicted octanol–water partition coefficient (Wildman–Crippen LogP) is 4.61. The van der Waals surface area contributed by atoms with Gasteiger partial charge >= 0.3 is 0 Å². The van der Waals surface area contributed by atoms with Crippen molar-refractivity contribution in [2.75, 3.05) is 7.11 Å². The van der Waals surface area contributed by atoms with Crippen LogP contribution in [0.3, 0.4) is 0 Å². The molecule has 3 rings (SSSR count). The van der Waals surface area contributed by atoms with E-state index in [-0.39, 0.29) is 11.2 Å². The van der Waals surface area contributed by atoms with Gasteiger partial charge < -0.3 is 9.47 Å². The maximum Gasteiger partial charge on any atom is 0.232 e. The number of rotatable bonds is 2. The summed E-state index contributed by atoms with van der Waals surface area (Å²) in [5, 5.41) is 0.